The van der Waals surface area contributed by atoms with Crippen LogP contribution in [-0.2, 0) is 4.79 Å². The average Bonchev–Trinajstić information content (AvgIpc) is 2.30. The number of hydrogen-bond acceptors (Lipinski definition) is 3. The summed E-state index contributed by atoms with van der Waals surface area (Å²) < 4.78 is 0. The molecular formula is C11H12ClN3O. The second kappa shape index (κ2) is 5.50. The van der Waals surface area contributed by atoms with Crippen LogP contribution in [0.2, 0.25) is 5.02 Å². The lowest BCUT2D eigenvalue weighted by atomic mass is 10.2. The van der Waals surface area contributed by atoms with Crippen LogP contribution >= 0.6 is 11.6 Å². The second-order valence-electron chi connectivity index (χ2n) is 3.31. The van der Waals surface area contributed by atoms with Crippen LogP contribution in [-0.4, -0.2) is 11.9 Å². The lowest BCUT2D eigenvalue weighted by Crippen LogP contribution is -2.34. The molecule has 0 spiro atoms. The van der Waals surface area contributed by atoms with Crippen molar-refractivity contribution in [3.8, 4) is 6.07 Å². The number of carbonyl (C=O) groups excluding carboxylic acids is 1. The number of halogens is 1. The van der Waals surface area contributed by atoms with Crippen LogP contribution in [0.3, 0.4) is 0 Å². The second-order valence-corrected chi connectivity index (χ2v) is 3.72. The summed E-state index contributed by atoms with van der Waals surface area (Å²) in [7, 11) is 0. The van der Waals surface area contributed by atoms with E-state index in [2.05, 4.69) is 5.32 Å². The summed E-state index contributed by atoms with van der Waals surface area (Å²) >= 11 is 5.76. The Balaban J connectivity index is 2.83. The Labute approximate surface area is 99.0 Å². The van der Waals surface area contributed by atoms with Crippen LogP contribution in [0.4, 0.5) is 5.69 Å². The molecule has 0 radical (unpaired) electrons. The van der Waals surface area contributed by atoms with Gasteiger partial charge in [0.1, 0.15) is 6.07 Å². The molecule has 0 unspecified atom stereocenters. The van der Waals surface area contributed by atoms with Crippen LogP contribution < -0.4 is 11.1 Å². The van der Waals surface area contributed by atoms with Crippen LogP contribution in [0.5, 0.6) is 0 Å². The van der Waals surface area contributed by atoms with Crippen LogP contribution in [0.25, 0.3) is 0 Å². The van der Waals surface area contributed by atoms with Crippen molar-refractivity contribution < 1.29 is 4.79 Å². The third kappa shape index (κ3) is 2.96. The van der Waals surface area contributed by atoms with Gasteiger partial charge in [-0.15, -0.1) is 0 Å². The topological polar surface area (TPSA) is 78.9 Å². The molecule has 4 nitrogen and oxygen atoms in total. The highest BCUT2D eigenvalue weighted by Gasteiger charge is 2.11. The SMILES string of the molecule is CC[C@@H](N)C(=O)Nc1ccc(Cl)c(C#N)c1. The quantitative estimate of drug-likeness (QED) is 0.843. The highest BCUT2D eigenvalue weighted by atomic mass is 35.5. The van der Waals surface area contributed by atoms with Crippen molar-refractivity contribution in [3.05, 3.63) is 28.8 Å². The summed E-state index contributed by atoms with van der Waals surface area (Å²) in [5.74, 6) is -0.270. The lowest BCUT2D eigenvalue weighted by molar-refractivity contribution is -0.117. The van der Waals surface area contributed by atoms with Gasteiger partial charge in [0, 0.05) is 5.69 Å². The average molecular weight is 238 g/mol. The van der Waals surface area contributed by atoms with Gasteiger partial charge in [-0.3, -0.25) is 4.79 Å². The van der Waals surface area contributed by atoms with E-state index in [1.54, 1.807) is 12.1 Å². The number of anilines is 1. The first kappa shape index (κ1) is 12.5. The van der Waals surface area contributed by atoms with Crippen LogP contribution in [0.1, 0.15) is 18.9 Å². The Morgan fingerprint density at radius 2 is 2.38 bits per heavy atom. The Hall–Kier alpha value is -1.57. The van der Waals surface area contributed by atoms with Gasteiger partial charge in [-0.1, -0.05) is 18.5 Å². The molecule has 5 heteroatoms. The highest BCUT2D eigenvalue weighted by molar-refractivity contribution is 6.31. The molecular weight excluding hydrogens is 226 g/mol. The fraction of sp³-hybridized carbons (Fsp3) is 0.273. The molecule has 0 heterocycles. The van der Waals surface area contributed by atoms with E-state index >= 15 is 0 Å². The molecule has 1 aromatic rings. The molecule has 1 aromatic carbocycles. The maximum absolute atomic E-state index is 11.5. The zero-order chi connectivity index (χ0) is 12.1. The third-order valence-corrected chi connectivity index (χ3v) is 2.46. The smallest absolute Gasteiger partial charge is 0.241 e. The molecule has 1 atom stereocenters. The van der Waals surface area contributed by atoms with Crippen molar-refractivity contribution in [2.75, 3.05) is 5.32 Å². The molecule has 0 aliphatic rings. The highest BCUT2D eigenvalue weighted by Crippen LogP contribution is 2.19. The summed E-state index contributed by atoms with van der Waals surface area (Å²) in [5.41, 5.74) is 6.41. The van der Waals surface area contributed by atoms with Gasteiger partial charge in [-0.05, 0) is 24.6 Å². The van der Waals surface area contributed by atoms with E-state index in [9.17, 15) is 4.79 Å². The number of hydrogen-bond donors (Lipinski definition) is 2. The molecule has 1 rings (SSSR count). The minimum absolute atomic E-state index is 0.270. The van der Waals surface area contributed by atoms with E-state index in [-0.39, 0.29) is 5.91 Å². The van der Waals surface area contributed by atoms with Gasteiger partial charge in [0.15, 0.2) is 0 Å². The molecule has 3 N–H and O–H groups in total. The summed E-state index contributed by atoms with van der Waals surface area (Å²) in [6.45, 7) is 1.83. The monoisotopic (exact) mass is 237 g/mol. The van der Waals surface area contributed by atoms with Gasteiger partial charge < -0.3 is 11.1 Å². The van der Waals surface area contributed by atoms with Crippen molar-refractivity contribution in [3.63, 3.8) is 0 Å². The zero-order valence-corrected chi connectivity index (χ0v) is 9.58. The van der Waals surface area contributed by atoms with Crippen molar-refractivity contribution >= 4 is 23.2 Å². The third-order valence-electron chi connectivity index (χ3n) is 2.13. The van der Waals surface area contributed by atoms with Gasteiger partial charge >= 0.3 is 0 Å². The molecule has 0 bridgehead atoms. The van der Waals surface area contributed by atoms with Gasteiger partial charge in [0.2, 0.25) is 5.91 Å². The minimum atomic E-state index is -0.541. The predicted molar refractivity (Wildman–Crippen MR) is 63.1 cm³/mol. The molecule has 1 amide bonds. The number of nitriles is 1. The van der Waals surface area contributed by atoms with Crippen molar-refractivity contribution in [1.29, 1.82) is 5.26 Å². The van der Waals surface area contributed by atoms with Gasteiger partial charge in [-0.2, -0.15) is 5.26 Å². The maximum atomic E-state index is 11.5. The summed E-state index contributed by atoms with van der Waals surface area (Å²) in [4.78, 5) is 11.5. The Kier molecular flexibility index (Phi) is 4.29. The first-order valence-electron chi connectivity index (χ1n) is 4.84. The van der Waals surface area contributed by atoms with Gasteiger partial charge in [-0.25, -0.2) is 0 Å². The number of rotatable bonds is 3. The number of amides is 1. The standard InChI is InChI=1S/C11H12ClN3O/c1-2-10(14)11(16)15-8-3-4-9(12)7(5-8)6-13/h3-5,10H,2,14H2,1H3,(H,15,16)/t10-/m1/s1. The fourth-order valence-corrected chi connectivity index (χ4v) is 1.27. The first-order chi connectivity index (χ1) is 7.58. The molecule has 84 valence electrons. The van der Waals surface area contributed by atoms with E-state index in [0.717, 1.165) is 0 Å². The normalized spacial score (nSPS) is 11.6. The molecule has 0 saturated heterocycles. The van der Waals surface area contributed by atoms with Crippen molar-refractivity contribution in [2.24, 2.45) is 5.73 Å². The summed E-state index contributed by atoms with van der Waals surface area (Å²) in [6, 6.07) is 6.10. The van der Waals surface area contributed by atoms with E-state index in [1.807, 2.05) is 13.0 Å². The van der Waals surface area contributed by atoms with Crippen LogP contribution in [0, 0.1) is 11.3 Å². The molecule has 0 saturated carbocycles. The number of nitrogens with two attached hydrogens (primary N) is 1. The zero-order valence-electron chi connectivity index (χ0n) is 8.83. The first-order valence-corrected chi connectivity index (χ1v) is 5.22. The predicted octanol–water partition coefficient (Wildman–Crippen LogP) is 1.89. The summed E-state index contributed by atoms with van der Waals surface area (Å²) in [5, 5.41) is 11.7. The Morgan fingerprint density at radius 3 is 2.94 bits per heavy atom. The lowest BCUT2D eigenvalue weighted by Gasteiger charge is -2.10. The molecule has 0 aliphatic heterocycles. The fourth-order valence-electron chi connectivity index (χ4n) is 1.11. The number of carbonyl (C=O) groups is 1. The Morgan fingerprint density at radius 1 is 1.69 bits per heavy atom. The largest absolute Gasteiger partial charge is 0.325 e. The van der Waals surface area contributed by atoms with E-state index in [4.69, 9.17) is 22.6 Å². The molecule has 0 aromatic heterocycles. The molecule has 0 fully saturated rings. The maximum Gasteiger partial charge on any atom is 0.241 e. The number of benzene rings is 1. The Bertz CT molecular complexity index is 439. The minimum Gasteiger partial charge on any atom is -0.325 e. The number of nitrogens with zero attached hydrogens (tertiary/aromatic N) is 1. The van der Waals surface area contributed by atoms with Gasteiger partial charge in [0.05, 0.1) is 16.6 Å². The van der Waals surface area contributed by atoms with E-state index in [1.165, 1.54) is 6.07 Å². The van der Waals surface area contributed by atoms with E-state index < -0.39 is 6.04 Å². The summed E-state index contributed by atoms with van der Waals surface area (Å²) in [6.07, 6.45) is 0.560. The molecule has 16 heavy (non-hydrogen) atoms. The molecule has 0 aliphatic carbocycles. The van der Waals surface area contributed by atoms with Crippen LogP contribution in [0.15, 0.2) is 18.2 Å². The van der Waals surface area contributed by atoms with Crippen molar-refractivity contribution in [2.45, 2.75) is 19.4 Å². The number of nitrogens with one attached hydrogen (secondary N) is 1. The van der Waals surface area contributed by atoms with Crippen molar-refractivity contribution in [1.82, 2.24) is 0 Å². The van der Waals surface area contributed by atoms with E-state index in [0.29, 0.717) is 22.7 Å². The van der Waals surface area contributed by atoms with Gasteiger partial charge in [0.25, 0.3) is 0 Å².